The molecule has 144 valence electrons. The summed E-state index contributed by atoms with van der Waals surface area (Å²) >= 11 is 0. The number of aliphatic hydroxyl groups excluding tert-OH is 1. The maximum absolute atomic E-state index is 11.8. The van der Waals surface area contributed by atoms with Crippen LogP contribution in [0.25, 0.3) is 0 Å². The molecular weight excluding hydrogens is 336 g/mol. The number of likely N-dealkylation sites (tertiary alicyclic amines) is 1. The highest BCUT2D eigenvalue weighted by atomic mass is 16.6. The number of nitrogens with two attached hydrogens (primary N) is 1. The first-order chi connectivity index (χ1) is 12.5. The van der Waals surface area contributed by atoms with Crippen LogP contribution in [0.3, 0.4) is 0 Å². The Morgan fingerprint density at radius 3 is 2.35 bits per heavy atom. The van der Waals surface area contributed by atoms with Crippen LogP contribution in [0.1, 0.15) is 44.1 Å². The Morgan fingerprint density at radius 1 is 1.15 bits per heavy atom. The van der Waals surface area contributed by atoms with Crippen LogP contribution in [0.15, 0.2) is 30.3 Å². The molecule has 1 saturated heterocycles. The molecule has 1 aromatic carbocycles. The van der Waals surface area contributed by atoms with Crippen molar-refractivity contribution in [2.24, 2.45) is 5.73 Å². The Morgan fingerprint density at radius 2 is 1.81 bits per heavy atom. The van der Waals surface area contributed by atoms with E-state index in [0.29, 0.717) is 6.04 Å². The lowest BCUT2D eigenvalue weighted by molar-refractivity contribution is -0.141. The summed E-state index contributed by atoms with van der Waals surface area (Å²) in [4.78, 5) is 23.8. The van der Waals surface area contributed by atoms with E-state index >= 15 is 0 Å². The normalized spacial score (nSPS) is 23.1. The maximum Gasteiger partial charge on any atom is 0.410 e. The number of benzene rings is 1. The lowest BCUT2D eigenvalue weighted by Crippen LogP contribution is -2.40. The average Bonchev–Trinajstić information content (AvgIpc) is 3.04. The molecule has 2 aliphatic rings. The van der Waals surface area contributed by atoms with Gasteiger partial charge in [0.15, 0.2) is 0 Å². The van der Waals surface area contributed by atoms with Gasteiger partial charge in [0, 0.05) is 12.5 Å². The highest BCUT2D eigenvalue weighted by Gasteiger charge is 2.39. The third kappa shape index (κ3) is 6.31. The van der Waals surface area contributed by atoms with Crippen LogP contribution >= 0.6 is 0 Å². The van der Waals surface area contributed by atoms with Crippen LogP contribution in [0.2, 0.25) is 0 Å². The predicted molar refractivity (Wildman–Crippen MR) is 96.4 cm³/mol. The van der Waals surface area contributed by atoms with Crippen molar-refractivity contribution in [2.75, 3.05) is 6.54 Å². The summed E-state index contributed by atoms with van der Waals surface area (Å²) < 4.78 is 5.05. The maximum atomic E-state index is 11.8. The third-order valence-electron chi connectivity index (χ3n) is 4.65. The van der Waals surface area contributed by atoms with Gasteiger partial charge >= 0.3 is 12.1 Å². The predicted octanol–water partition coefficient (Wildman–Crippen LogP) is 2.12. The summed E-state index contributed by atoms with van der Waals surface area (Å²) in [5.74, 6) is -1.13. The first kappa shape index (κ1) is 20.2. The Kier molecular flexibility index (Phi) is 7.87. The lowest BCUT2D eigenvalue weighted by Gasteiger charge is -2.20. The number of carbonyl (C=O) groups is 2. The average molecular weight is 364 g/mol. The number of β-amino-alcohol motifs (C(OH)–C–C–N with tert-alkyl or cyclic N) is 1. The van der Waals surface area contributed by atoms with E-state index in [9.17, 15) is 14.7 Å². The van der Waals surface area contributed by atoms with Gasteiger partial charge in [0.25, 0.3) is 0 Å². The highest BCUT2D eigenvalue weighted by molar-refractivity contribution is 5.80. The molecule has 4 N–H and O–H groups in total. The number of aliphatic hydroxyl groups is 1. The van der Waals surface area contributed by atoms with Crippen molar-refractivity contribution >= 4 is 12.1 Å². The lowest BCUT2D eigenvalue weighted by atomic mass is 9.97. The van der Waals surface area contributed by atoms with Gasteiger partial charge in [-0.15, -0.1) is 0 Å². The Bertz CT molecular complexity index is 575. The topological polar surface area (TPSA) is 113 Å². The molecule has 3 rings (SSSR count). The molecule has 1 heterocycles. The molecule has 0 spiro atoms. The van der Waals surface area contributed by atoms with Gasteiger partial charge in [-0.25, -0.2) is 9.59 Å². The van der Waals surface area contributed by atoms with E-state index in [2.05, 4.69) is 0 Å². The number of hydrogen-bond acceptors (Lipinski definition) is 5. The number of amides is 1. The molecule has 26 heavy (non-hydrogen) atoms. The van der Waals surface area contributed by atoms with Crippen LogP contribution in [0.5, 0.6) is 0 Å². The number of nitrogens with zero attached hydrogens (tertiary/aromatic N) is 1. The molecule has 1 saturated carbocycles. The number of carbonyl (C=O) groups excluding carboxylic acids is 1. The van der Waals surface area contributed by atoms with Crippen molar-refractivity contribution in [3.63, 3.8) is 0 Å². The molecule has 7 nitrogen and oxygen atoms in total. The monoisotopic (exact) mass is 364 g/mol. The van der Waals surface area contributed by atoms with Gasteiger partial charge in [-0.2, -0.15) is 0 Å². The molecule has 0 aromatic heterocycles. The fourth-order valence-electron chi connectivity index (χ4n) is 3.19. The largest absolute Gasteiger partial charge is 0.480 e. The van der Waals surface area contributed by atoms with Crippen molar-refractivity contribution in [3.05, 3.63) is 35.9 Å². The zero-order valence-electron chi connectivity index (χ0n) is 14.9. The number of aliphatic carboxylic acids is 1. The van der Waals surface area contributed by atoms with Gasteiger partial charge in [0.2, 0.25) is 0 Å². The van der Waals surface area contributed by atoms with Crippen molar-refractivity contribution in [1.82, 2.24) is 4.90 Å². The van der Waals surface area contributed by atoms with Crippen LogP contribution in [0.4, 0.5) is 4.79 Å². The molecular formula is C19H28N2O5. The third-order valence-corrected chi connectivity index (χ3v) is 4.65. The molecule has 1 aliphatic carbocycles. The standard InChI is InChI=1S/C13H15NO5.C6H13N/c15-10-6-11(12(16)17)14(7-10)13(18)19-8-9-4-2-1-3-5-9;7-6-4-2-1-3-5-6/h1-5,10-11,15H,6-8H2,(H,16,17);6H,1-5,7H2. The molecule has 7 heteroatoms. The van der Waals surface area contributed by atoms with E-state index in [1.165, 1.54) is 32.1 Å². The van der Waals surface area contributed by atoms with Crippen molar-refractivity contribution in [1.29, 1.82) is 0 Å². The molecule has 1 amide bonds. The summed E-state index contributed by atoms with van der Waals surface area (Å²) in [6.45, 7) is 0.0726. The van der Waals surface area contributed by atoms with Gasteiger partial charge in [0.05, 0.1) is 12.6 Å². The summed E-state index contributed by atoms with van der Waals surface area (Å²) in [7, 11) is 0. The second kappa shape index (κ2) is 10.1. The quantitative estimate of drug-likeness (QED) is 0.757. The number of ether oxygens (including phenoxy) is 1. The van der Waals surface area contributed by atoms with Gasteiger partial charge in [0.1, 0.15) is 12.6 Å². The van der Waals surface area contributed by atoms with E-state index in [-0.39, 0.29) is 19.6 Å². The minimum Gasteiger partial charge on any atom is -0.480 e. The van der Waals surface area contributed by atoms with Crippen LogP contribution in [-0.2, 0) is 16.1 Å². The second-order valence-electron chi connectivity index (χ2n) is 6.83. The molecule has 2 unspecified atom stereocenters. The van der Waals surface area contributed by atoms with Crippen LogP contribution in [0, 0.1) is 0 Å². The van der Waals surface area contributed by atoms with Gasteiger partial charge < -0.3 is 20.7 Å². The fraction of sp³-hybridized carbons (Fsp3) is 0.579. The Labute approximate surface area is 153 Å². The molecule has 2 atom stereocenters. The van der Waals surface area contributed by atoms with E-state index in [1.807, 2.05) is 18.2 Å². The van der Waals surface area contributed by atoms with Crippen LogP contribution < -0.4 is 5.73 Å². The number of carboxylic acid groups (broad SMARTS) is 1. The Hall–Kier alpha value is -2.12. The molecule has 1 aromatic rings. The minimum absolute atomic E-state index is 0.00934. The summed E-state index contributed by atoms with van der Waals surface area (Å²) in [5, 5.41) is 18.4. The van der Waals surface area contributed by atoms with Crippen molar-refractivity contribution in [2.45, 2.75) is 63.3 Å². The van der Waals surface area contributed by atoms with E-state index < -0.39 is 24.2 Å². The number of rotatable bonds is 3. The van der Waals surface area contributed by atoms with E-state index in [1.54, 1.807) is 12.1 Å². The summed E-state index contributed by atoms with van der Waals surface area (Å²) in [6.07, 6.45) is 5.17. The first-order valence-corrected chi connectivity index (χ1v) is 9.11. The fourth-order valence-corrected chi connectivity index (χ4v) is 3.19. The van der Waals surface area contributed by atoms with Crippen LogP contribution in [-0.4, -0.2) is 51.9 Å². The summed E-state index contributed by atoms with van der Waals surface area (Å²) in [5.41, 5.74) is 6.46. The first-order valence-electron chi connectivity index (χ1n) is 9.11. The molecule has 0 bridgehead atoms. The smallest absolute Gasteiger partial charge is 0.410 e. The second-order valence-corrected chi connectivity index (χ2v) is 6.83. The number of hydrogen-bond donors (Lipinski definition) is 3. The zero-order valence-corrected chi connectivity index (χ0v) is 14.9. The molecule has 1 aliphatic heterocycles. The van der Waals surface area contributed by atoms with Gasteiger partial charge in [-0.05, 0) is 18.4 Å². The van der Waals surface area contributed by atoms with E-state index in [0.717, 1.165) is 10.5 Å². The molecule has 0 radical (unpaired) electrons. The van der Waals surface area contributed by atoms with E-state index in [4.69, 9.17) is 15.6 Å². The molecule has 2 fully saturated rings. The highest BCUT2D eigenvalue weighted by Crippen LogP contribution is 2.19. The van der Waals surface area contributed by atoms with Gasteiger partial charge in [-0.1, -0.05) is 49.6 Å². The Balaban J connectivity index is 0.000000290. The SMILES string of the molecule is NC1CCCCC1.O=C(O)C1CC(O)CN1C(=O)OCc1ccccc1. The van der Waals surface area contributed by atoms with Crippen molar-refractivity contribution in [3.8, 4) is 0 Å². The van der Waals surface area contributed by atoms with Crippen molar-refractivity contribution < 1.29 is 24.5 Å². The zero-order chi connectivity index (χ0) is 18.9. The number of carboxylic acids is 1. The summed E-state index contributed by atoms with van der Waals surface area (Å²) in [6, 6.07) is 8.63. The van der Waals surface area contributed by atoms with Gasteiger partial charge in [-0.3, -0.25) is 4.90 Å². The minimum atomic E-state index is -1.13.